The number of aromatic hydroxyl groups is 1. The Morgan fingerprint density at radius 1 is 1.27 bits per heavy atom. The number of ether oxygens (including phenoxy) is 1. The van der Waals surface area contributed by atoms with Gasteiger partial charge in [-0.2, -0.15) is 0 Å². The van der Waals surface area contributed by atoms with Crippen LogP contribution in [-0.4, -0.2) is 16.7 Å². The van der Waals surface area contributed by atoms with Crippen LogP contribution >= 0.6 is 0 Å². The molecule has 0 saturated carbocycles. The fraction of sp³-hybridized carbons (Fsp3) is 0.471. The number of nitrogens with one attached hydrogen (secondary N) is 1. The Morgan fingerprint density at radius 3 is 2.59 bits per heavy atom. The first-order valence-electron chi connectivity index (χ1n) is 7.34. The van der Waals surface area contributed by atoms with Crippen molar-refractivity contribution in [2.75, 3.05) is 6.61 Å². The summed E-state index contributed by atoms with van der Waals surface area (Å²) in [6, 6.07) is 3.34. The fourth-order valence-electron chi connectivity index (χ4n) is 3.45. The zero-order valence-corrected chi connectivity index (χ0v) is 13.5. The van der Waals surface area contributed by atoms with Gasteiger partial charge in [-0.25, -0.2) is 4.79 Å². The lowest BCUT2D eigenvalue weighted by molar-refractivity contribution is 0.213. The van der Waals surface area contributed by atoms with Crippen LogP contribution in [0.3, 0.4) is 0 Å². The Kier molecular flexibility index (Phi) is 2.96. The molecule has 0 radical (unpaired) electrons. The zero-order chi connectivity index (χ0) is 16.3. The predicted molar refractivity (Wildman–Crippen MR) is 84.6 cm³/mol. The van der Waals surface area contributed by atoms with Gasteiger partial charge in [-0.05, 0) is 23.1 Å². The van der Waals surface area contributed by atoms with E-state index in [9.17, 15) is 9.90 Å². The van der Waals surface area contributed by atoms with Gasteiger partial charge in [0.2, 0.25) is 0 Å². The van der Waals surface area contributed by atoms with Crippen LogP contribution < -0.4 is 5.76 Å². The molecule has 2 N–H and O–H groups in total. The van der Waals surface area contributed by atoms with Crippen molar-refractivity contribution in [2.45, 2.75) is 34.6 Å². The van der Waals surface area contributed by atoms with E-state index in [0.717, 1.165) is 11.3 Å². The second-order valence-corrected chi connectivity index (χ2v) is 7.51. The molecule has 1 aliphatic heterocycles. The van der Waals surface area contributed by atoms with Crippen molar-refractivity contribution in [1.82, 2.24) is 4.98 Å². The molecule has 0 unspecified atom stereocenters. The SMILES string of the molecule is CC(C)(C)C1=C(c2cc(O)c3[nH]c(=O)oc3c2)OCC1(C)C. The molecule has 0 amide bonds. The molecule has 1 aromatic carbocycles. The molecule has 0 saturated heterocycles. The summed E-state index contributed by atoms with van der Waals surface area (Å²) in [5.74, 6) is 0.158. The third kappa shape index (κ3) is 2.21. The Balaban J connectivity index is 2.27. The summed E-state index contributed by atoms with van der Waals surface area (Å²) < 4.78 is 11.0. The summed E-state index contributed by atoms with van der Waals surface area (Å²) in [5, 5.41) is 10.1. The third-order valence-electron chi connectivity index (χ3n) is 4.00. The lowest BCUT2D eigenvalue weighted by Gasteiger charge is -2.30. The smallest absolute Gasteiger partial charge is 0.417 e. The van der Waals surface area contributed by atoms with Crippen molar-refractivity contribution in [2.24, 2.45) is 10.8 Å². The molecule has 0 aliphatic carbocycles. The highest BCUT2D eigenvalue weighted by Crippen LogP contribution is 2.50. The summed E-state index contributed by atoms with van der Waals surface area (Å²) >= 11 is 0. The normalized spacial score (nSPS) is 18.0. The molecular formula is C17H21NO4. The maximum Gasteiger partial charge on any atom is 0.417 e. The Hall–Kier alpha value is -2.17. The number of hydrogen-bond acceptors (Lipinski definition) is 4. The molecule has 0 atom stereocenters. The van der Waals surface area contributed by atoms with Crippen LogP contribution in [0.2, 0.25) is 0 Å². The first-order chi connectivity index (χ1) is 10.1. The summed E-state index contributed by atoms with van der Waals surface area (Å²) in [6.45, 7) is 11.3. The zero-order valence-electron chi connectivity index (χ0n) is 13.5. The molecule has 5 heteroatoms. The van der Waals surface area contributed by atoms with Crippen molar-refractivity contribution >= 4 is 16.9 Å². The number of oxazole rings is 1. The minimum absolute atomic E-state index is 0.0209. The molecule has 2 aromatic rings. The van der Waals surface area contributed by atoms with Crippen molar-refractivity contribution in [3.8, 4) is 5.75 Å². The minimum atomic E-state index is -0.583. The Morgan fingerprint density at radius 2 is 1.95 bits per heavy atom. The molecule has 0 spiro atoms. The number of phenolic OH excluding ortho intramolecular Hbond substituents is 1. The number of rotatable bonds is 1. The Bertz CT molecular complexity index is 830. The van der Waals surface area contributed by atoms with Gasteiger partial charge in [0.15, 0.2) is 5.58 Å². The van der Waals surface area contributed by atoms with Crippen molar-refractivity contribution in [3.63, 3.8) is 0 Å². The van der Waals surface area contributed by atoms with Crippen LogP contribution in [0, 0.1) is 10.8 Å². The van der Waals surface area contributed by atoms with E-state index in [0.29, 0.717) is 17.7 Å². The average Bonchev–Trinajstić information content (AvgIpc) is 2.87. The monoisotopic (exact) mass is 303 g/mol. The van der Waals surface area contributed by atoms with Crippen molar-refractivity contribution in [1.29, 1.82) is 0 Å². The van der Waals surface area contributed by atoms with Gasteiger partial charge in [-0.3, -0.25) is 4.98 Å². The number of aromatic nitrogens is 1. The predicted octanol–water partition coefficient (Wildman–Crippen LogP) is 3.64. The van der Waals surface area contributed by atoms with Gasteiger partial charge in [0.1, 0.15) is 17.0 Å². The van der Waals surface area contributed by atoms with Gasteiger partial charge < -0.3 is 14.3 Å². The number of aromatic amines is 1. The summed E-state index contributed by atoms with van der Waals surface area (Å²) in [5.41, 5.74) is 2.40. The lowest BCUT2D eigenvalue weighted by atomic mass is 9.71. The second kappa shape index (κ2) is 4.41. The molecule has 5 nitrogen and oxygen atoms in total. The number of H-pyrrole nitrogens is 1. The van der Waals surface area contributed by atoms with E-state index in [1.807, 2.05) is 0 Å². The van der Waals surface area contributed by atoms with Crippen LogP contribution in [0.1, 0.15) is 40.2 Å². The topological polar surface area (TPSA) is 75.5 Å². The molecule has 0 fully saturated rings. The minimum Gasteiger partial charge on any atom is -0.506 e. The van der Waals surface area contributed by atoms with Crippen LogP contribution in [0.25, 0.3) is 16.9 Å². The van der Waals surface area contributed by atoms with E-state index in [1.54, 1.807) is 12.1 Å². The van der Waals surface area contributed by atoms with Crippen molar-refractivity contribution < 1.29 is 14.3 Å². The number of phenols is 1. The van der Waals surface area contributed by atoms with E-state index in [1.165, 1.54) is 5.57 Å². The number of benzene rings is 1. The van der Waals surface area contributed by atoms with E-state index < -0.39 is 5.76 Å². The van der Waals surface area contributed by atoms with Crippen LogP contribution in [0.5, 0.6) is 5.75 Å². The van der Waals surface area contributed by atoms with Gasteiger partial charge in [0.05, 0.1) is 6.61 Å². The fourth-order valence-corrected chi connectivity index (χ4v) is 3.45. The van der Waals surface area contributed by atoms with Gasteiger partial charge in [0.25, 0.3) is 0 Å². The van der Waals surface area contributed by atoms with Gasteiger partial charge in [0, 0.05) is 11.0 Å². The molecule has 2 heterocycles. The lowest BCUT2D eigenvalue weighted by Crippen LogP contribution is -2.24. The molecule has 0 bridgehead atoms. The maximum absolute atomic E-state index is 11.3. The first-order valence-corrected chi connectivity index (χ1v) is 7.34. The molecular weight excluding hydrogens is 282 g/mol. The highest BCUT2D eigenvalue weighted by molar-refractivity contribution is 5.84. The van der Waals surface area contributed by atoms with Crippen LogP contribution in [-0.2, 0) is 4.74 Å². The van der Waals surface area contributed by atoms with E-state index >= 15 is 0 Å². The number of fused-ring (bicyclic) bond motifs is 1. The highest BCUT2D eigenvalue weighted by Gasteiger charge is 2.41. The summed E-state index contributed by atoms with van der Waals surface area (Å²) in [7, 11) is 0. The summed E-state index contributed by atoms with van der Waals surface area (Å²) in [4.78, 5) is 13.8. The molecule has 1 aromatic heterocycles. The molecule has 22 heavy (non-hydrogen) atoms. The van der Waals surface area contributed by atoms with Gasteiger partial charge in [-0.15, -0.1) is 0 Å². The summed E-state index contributed by atoms with van der Waals surface area (Å²) in [6.07, 6.45) is 0. The molecule has 3 rings (SSSR count). The van der Waals surface area contributed by atoms with Crippen molar-refractivity contribution in [3.05, 3.63) is 33.8 Å². The third-order valence-corrected chi connectivity index (χ3v) is 4.00. The average molecular weight is 303 g/mol. The molecule has 1 aliphatic rings. The van der Waals surface area contributed by atoms with E-state index in [-0.39, 0.29) is 16.6 Å². The highest BCUT2D eigenvalue weighted by atomic mass is 16.5. The van der Waals surface area contributed by atoms with Gasteiger partial charge in [-0.1, -0.05) is 34.6 Å². The van der Waals surface area contributed by atoms with E-state index in [4.69, 9.17) is 9.15 Å². The maximum atomic E-state index is 11.3. The van der Waals surface area contributed by atoms with Crippen LogP contribution in [0.4, 0.5) is 0 Å². The van der Waals surface area contributed by atoms with Crippen LogP contribution in [0.15, 0.2) is 26.9 Å². The van der Waals surface area contributed by atoms with E-state index in [2.05, 4.69) is 39.6 Å². The largest absolute Gasteiger partial charge is 0.506 e. The quantitative estimate of drug-likeness (QED) is 0.843. The number of hydrogen-bond donors (Lipinski definition) is 2. The first kappa shape index (κ1) is 14.8. The molecule has 118 valence electrons. The second-order valence-electron chi connectivity index (χ2n) is 7.51. The van der Waals surface area contributed by atoms with Gasteiger partial charge >= 0.3 is 5.76 Å². The Labute approximate surface area is 128 Å². The standard InChI is InChI=1S/C17H21NO4/c1-16(2,3)14-13(21-8-17(14,4)5)9-6-10(19)12-11(7-9)22-15(20)18-12/h6-7,19H,8H2,1-5H3,(H,18,20).